The lowest BCUT2D eigenvalue weighted by Gasteiger charge is -2.50. The van der Waals surface area contributed by atoms with Crippen LogP contribution >= 0.6 is 23.2 Å². The number of carbonyl (C=O) groups excluding carboxylic acids is 4. The second-order valence-electron chi connectivity index (χ2n) is 14.3. The lowest BCUT2D eigenvalue weighted by atomic mass is 9.49. The Bertz CT molecular complexity index is 2310. The van der Waals surface area contributed by atoms with Crippen molar-refractivity contribution in [2.75, 3.05) is 12.0 Å². The molecule has 10 nitrogen and oxygen atoms in total. The van der Waals surface area contributed by atoms with Gasteiger partial charge >= 0.3 is 6.18 Å². The van der Waals surface area contributed by atoms with Crippen molar-refractivity contribution in [3.05, 3.63) is 129 Å². The number of halogens is 5. The van der Waals surface area contributed by atoms with Crippen LogP contribution in [0.15, 0.2) is 96.7 Å². The number of nitrogens with one attached hydrogen (secondary N) is 1. The number of phenolic OH excluding ortho intramolecular Hbond substituents is 1. The molecule has 3 aromatic carbocycles. The first kappa shape index (κ1) is 37.5. The normalized spacial score (nSPS) is 25.8. The molecular weight excluding hydrogens is 772 g/mol. The highest BCUT2D eigenvalue weighted by molar-refractivity contribution is 6.33. The predicted molar refractivity (Wildman–Crippen MR) is 198 cm³/mol. The maximum atomic E-state index is 15.4. The lowest BCUT2D eigenvalue weighted by Crippen LogP contribution is -2.53. The van der Waals surface area contributed by atoms with Crippen molar-refractivity contribution in [1.29, 1.82) is 0 Å². The Hall–Kier alpha value is -5.40. The van der Waals surface area contributed by atoms with E-state index < -0.39 is 63.6 Å². The van der Waals surface area contributed by atoms with Crippen LogP contribution in [0, 0.1) is 23.7 Å². The molecule has 6 unspecified atom stereocenters. The second-order valence-corrected chi connectivity index (χ2v) is 15.2. The number of allylic oxidation sites excluding steroid dienone is 2. The van der Waals surface area contributed by atoms with E-state index in [9.17, 15) is 32.7 Å². The number of amides is 4. The predicted octanol–water partition coefficient (Wildman–Crippen LogP) is 7.70. The molecule has 56 heavy (non-hydrogen) atoms. The molecule has 8 rings (SSSR count). The van der Waals surface area contributed by atoms with Crippen LogP contribution in [-0.2, 0) is 37.3 Å². The van der Waals surface area contributed by atoms with Gasteiger partial charge in [-0.3, -0.25) is 29.5 Å². The Labute approximate surface area is 328 Å². The number of fused-ring (bicyclic) bond motifs is 4. The third-order valence-corrected chi connectivity index (χ3v) is 12.0. The Morgan fingerprint density at radius 3 is 2.36 bits per heavy atom. The number of rotatable bonds is 8. The van der Waals surface area contributed by atoms with Gasteiger partial charge in [-0.25, -0.2) is 4.98 Å². The molecule has 1 saturated carbocycles. The molecule has 0 spiro atoms. The molecule has 288 valence electrons. The van der Waals surface area contributed by atoms with Gasteiger partial charge in [0.15, 0.2) is 17.3 Å². The molecule has 2 N–H and O–H groups in total. The minimum absolute atomic E-state index is 0.0301. The third kappa shape index (κ3) is 5.90. The van der Waals surface area contributed by atoms with Crippen molar-refractivity contribution < 1.29 is 42.2 Å². The van der Waals surface area contributed by atoms with Crippen LogP contribution < -0.4 is 10.2 Å². The zero-order valence-electron chi connectivity index (χ0n) is 29.6. The van der Waals surface area contributed by atoms with Gasteiger partial charge < -0.3 is 9.84 Å². The van der Waals surface area contributed by atoms with Crippen molar-refractivity contribution >= 4 is 52.6 Å². The van der Waals surface area contributed by atoms with Gasteiger partial charge in [-0.2, -0.15) is 18.2 Å². The van der Waals surface area contributed by atoms with Crippen LogP contribution in [0.2, 0.25) is 10.0 Å². The number of aromatic hydroxyl groups is 1. The standard InChI is InChI=1S/C41H33Cl2F3N4O6/c1-2-56-32-16-22(8-15-31(32)51)34-26-13-14-27-33(38(54)49(36(27)52)20-21-6-4-3-5-7-21)28(26)18-29-37(53)50(39(55)40(29,34)23-9-11-25(42)12-10-23)48-35-30(43)17-24(19-47-35)41(44,45)46/h3-13,15-17,19,27-29,33-34,51H,2,14,18,20H2,1H3,(H,47,48). The van der Waals surface area contributed by atoms with Crippen molar-refractivity contribution in [2.45, 2.75) is 43.8 Å². The van der Waals surface area contributed by atoms with Crippen molar-refractivity contribution in [2.24, 2.45) is 23.7 Å². The van der Waals surface area contributed by atoms with E-state index in [2.05, 4.69) is 10.4 Å². The highest BCUT2D eigenvalue weighted by Gasteiger charge is 2.70. The van der Waals surface area contributed by atoms with Gasteiger partial charge in [0.25, 0.3) is 11.8 Å². The van der Waals surface area contributed by atoms with Gasteiger partial charge in [-0.1, -0.05) is 83.4 Å². The monoisotopic (exact) mass is 804 g/mol. The van der Waals surface area contributed by atoms with E-state index in [1.165, 1.54) is 11.0 Å². The summed E-state index contributed by atoms with van der Waals surface area (Å²) < 4.78 is 46.3. The summed E-state index contributed by atoms with van der Waals surface area (Å²) in [6.07, 6.45) is -2.17. The summed E-state index contributed by atoms with van der Waals surface area (Å²) in [6, 6.07) is 20.9. The van der Waals surface area contributed by atoms with E-state index in [4.69, 9.17) is 27.9 Å². The third-order valence-electron chi connectivity index (χ3n) is 11.4. The Kier molecular flexibility index (Phi) is 9.36. The van der Waals surface area contributed by atoms with Gasteiger partial charge in [-0.05, 0) is 72.7 Å². The van der Waals surface area contributed by atoms with Gasteiger partial charge in [0.1, 0.15) is 0 Å². The molecule has 3 fully saturated rings. The fourth-order valence-electron chi connectivity index (χ4n) is 9.13. The summed E-state index contributed by atoms with van der Waals surface area (Å²) in [4.78, 5) is 63.7. The number of nitrogens with zero attached hydrogens (tertiary/aromatic N) is 3. The first-order valence-electron chi connectivity index (χ1n) is 17.9. The summed E-state index contributed by atoms with van der Waals surface area (Å²) in [5, 5.41) is 11.4. The number of ether oxygens (including phenoxy) is 1. The summed E-state index contributed by atoms with van der Waals surface area (Å²) in [5.41, 5.74) is 2.06. The summed E-state index contributed by atoms with van der Waals surface area (Å²) >= 11 is 12.6. The van der Waals surface area contributed by atoms with Crippen molar-refractivity contribution in [3.8, 4) is 11.5 Å². The number of carbonyl (C=O) groups is 4. The maximum absolute atomic E-state index is 15.4. The number of likely N-dealkylation sites (tertiary alicyclic amines) is 1. The summed E-state index contributed by atoms with van der Waals surface area (Å²) in [5.74, 6) is -7.01. The first-order chi connectivity index (χ1) is 26.7. The van der Waals surface area contributed by atoms with Gasteiger partial charge in [0.05, 0.1) is 46.9 Å². The van der Waals surface area contributed by atoms with Crippen LogP contribution in [0.4, 0.5) is 19.0 Å². The molecule has 4 aromatic rings. The minimum atomic E-state index is -4.75. The van der Waals surface area contributed by atoms with Gasteiger partial charge in [0, 0.05) is 17.1 Å². The molecule has 0 bridgehead atoms. The zero-order chi connectivity index (χ0) is 39.7. The van der Waals surface area contributed by atoms with Crippen LogP contribution in [0.1, 0.15) is 47.9 Å². The molecule has 0 radical (unpaired) electrons. The van der Waals surface area contributed by atoms with E-state index in [-0.39, 0.29) is 55.1 Å². The van der Waals surface area contributed by atoms with E-state index in [0.717, 1.165) is 10.6 Å². The van der Waals surface area contributed by atoms with E-state index in [1.54, 1.807) is 43.3 Å². The SMILES string of the molecule is CCOc1cc(C2C3=CCC4C(=O)N(Cc5ccccc5)C(=O)C4C3CC3C(=O)N(Nc4ncc(C(F)(F)F)cc4Cl)C(=O)C32c2ccc(Cl)cc2)ccc1O. The second kappa shape index (κ2) is 14.0. The molecular formula is C41H33Cl2F3N4O6. The number of hydrogen-bond acceptors (Lipinski definition) is 8. The van der Waals surface area contributed by atoms with Gasteiger partial charge in [0.2, 0.25) is 11.8 Å². The number of imide groups is 2. The molecule has 2 saturated heterocycles. The van der Waals surface area contributed by atoms with Crippen molar-refractivity contribution in [3.63, 3.8) is 0 Å². The Morgan fingerprint density at radius 2 is 1.68 bits per heavy atom. The highest BCUT2D eigenvalue weighted by Crippen LogP contribution is 2.64. The van der Waals surface area contributed by atoms with Crippen LogP contribution in [0.5, 0.6) is 11.5 Å². The summed E-state index contributed by atoms with van der Waals surface area (Å²) in [6.45, 7) is 2.01. The van der Waals surface area contributed by atoms with E-state index >= 15 is 4.79 Å². The lowest BCUT2D eigenvalue weighted by molar-refractivity contribution is -0.142. The van der Waals surface area contributed by atoms with Crippen LogP contribution in [-0.4, -0.2) is 50.2 Å². The maximum Gasteiger partial charge on any atom is 0.417 e. The molecule has 1 aromatic heterocycles. The number of hydrogen-bond donors (Lipinski definition) is 2. The fraction of sp³-hybridized carbons (Fsp3) is 0.293. The quantitative estimate of drug-likeness (QED) is 0.137. The molecule has 4 amide bonds. The molecule has 4 aliphatic rings. The molecule has 2 aliphatic heterocycles. The molecule has 15 heteroatoms. The number of alkyl halides is 3. The van der Waals surface area contributed by atoms with E-state index in [0.29, 0.717) is 34.0 Å². The summed E-state index contributed by atoms with van der Waals surface area (Å²) in [7, 11) is 0. The largest absolute Gasteiger partial charge is 0.504 e. The Morgan fingerprint density at radius 1 is 0.946 bits per heavy atom. The average molecular weight is 806 g/mol. The van der Waals surface area contributed by atoms with Crippen LogP contribution in [0.3, 0.4) is 0 Å². The van der Waals surface area contributed by atoms with Gasteiger partial charge in [-0.15, -0.1) is 0 Å². The number of phenols is 1. The van der Waals surface area contributed by atoms with Crippen molar-refractivity contribution in [1.82, 2.24) is 14.9 Å². The molecule has 2 aliphatic carbocycles. The molecule has 6 atom stereocenters. The average Bonchev–Trinajstić information content (AvgIpc) is 3.54. The smallest absolute Gasteiger partial charge is 0.417 e. The number of benzene rings is 3. The number of pyridine rings is 1. The first-order valence-corrected chi connectivity index (χ1v) is 18.7. The number of hydrazine groups is 1. The fourth-order valence-corrected chi connectivity index (χ4v) is 9.46. The minimum Gasteiger partial charge on any atom is -0.504 e. The zero-order valence-corrected chi connectivity index (χ0v) is 31.1. The highest BCUT2D eigenvalue weighted by atomic mass is 35.5. The van der Waals surface area contributed by atoms with Crippen LogP contribution in [0.25, 0.3) is 0 Å². The topological polar surface area (TPSA) is 129 Å². The number of anilines is 1. The number of aromatic nitrogens is 1. The molecule has 3 heterocycles. The Balaban J connectivity index is 1.30. The van der Waals surface area contributed by atoms with E-state index in [1.807, 2.05) is 36.4 Å².